The van der Waals surface area contributed by atoms with Crippen molar-refractivity contribution in [3.05, 3.63) is 42.1 Å². The first-order valence-corrected chi connectivity index (χ1v) is 13.1. The number of ether oxygens (including phenoxy) is 1. The average molecular weight is 562 g/mol. The summed E-state index contributed by atoms with van der Waals surface area (Å²) < 4.78 is 64.9. The average Bonchev–Trinajstić information content (AvgIpc) is 2.89. The molecule has 1 aliphatic heterocycles. The Morgan fingerprint density at radius 2 is 1.79 bits per heavy atom. The molecule has 11 nitrogen and oxygen atoms in total. The van der Waals surface area contributed by atoms with Gasteiger partial charge in [0.25, 0.3) is 15.9 Å². The van der Waals surface area contributed by atoms with Crippen LogP contribution in [0.5, 0.6) is 5.75 Å². The molecule has 1 aromatic carbocycles. The van der Waals surface area contributed by atoms with E-state index in [9.17, 15) is 26.4 Å². The standard InChI is InChI=1S/C21H29N5O4S.C2HF3O2/c1-3-4-9-23-21(27)19-14-16(15-24-20(19)26-12-10-22-11-13-26)25-31(28,29)18-7-5-17(30-2)6-8-18;3-2(4,5)1(6)7/h5-8,14-15,22,25H,3-4,9-13H2,1-2H3,(H,23,27);(H,6,7). The first kappa shape index (κ1) is 30.6. The maximum atomic E-state index is 12.9. The number of amides is 1. The Morgan fingerprint density at radius 3 is 2.32 bits per heavy atom. The number of sulfonamides is 1. The smallest absolute Gasteiger partial charge is 0.490 e. The quantitative estimate of drug-likeness (QED) is 0.339. The number of carbonyl (C=O) groups is 2. The Balaban J connectivity index is 0.000000638. The number of aliphatic carboxylic acids is 1. The van der Waals surface area contributed by atoms with E-state index in [1.54, 1.807) is 18.2 Å². The number of carboxylic acid groups (broad SMARTS) is 1. The van der Waals surface area contributed by atoms with Crippen LogP contribution in [0.15, 0.2) is 41.4 Å². The van der Waals surface area contributed by atoms with Crippen LogP contribution in [0.3, 0.4) is 0 Å². The normalized spacial score (nSPS) is 13.7. The maximum Gasteiger partial charge on any atom is 0.490 e. The summed E-state index contributed by atoms with van der Waals surface area (Å²) in [4.78, 5) is 28.3. The highest BCUT2D eigenvalue weighted by Gasteiger charge is 2.38. The van der Waals surface area contributed by atoms with Crippen molar-refractivity contribution in [2.45, 2.75) is 30.8 Å². The zero-order chi connectivity index (χ0) is 28.3. The lowest BCUT2D eigenvalue weighted by Crippen LogP contribution is -2.44. The number of unbranched alkanes of at least 4 members (excludes halogenated alkanes) is 1. The van der Waals surface area contributed by atoms with Crippen molar-refractivity contribution in [2.75, 3.05) is 49.5 Å². The highest BCUT2D eigenvalue weighted by Crippen LogP contribution is 2.24. The number of hydrogen-bond acceptors (Lipinski definition) is 8. The van der Waals surface area contributed by atoms with Gasteiger partial charge in [0, 0.05) is 32.7 Å². The van der Waals surface area contributed by atoms with E-state index < -0.39 is 22.2 Å². The number of benzene rings is 1. The number of rotatable bonds is 9. The van der Waals surface area contributed by atoms with Gasteiger partial charge in [-0.05, 0) is 36.8 Å². The van der Waals surface area contributed by atoms with Gasteiger partial charge >= 0.3 is 12.1 Å². The van der Waals surface area contributed by atoms with E-state index in [4.69, 9.17) is 14.6 Å². The van der Waals surface area contributed by atoms with Gasteiger partial charge in [-0.25, -0.2) is 18.2 Å². The van der Waals surface area contributed by atoms with Crippen LogP contribution in [0, 0.1) is 0 Å². The molecule has 0 unspecified atom stereocenters. The summed E-state index contributed by atoms with van der Waals surface area (Å²) in [5.41, 5.74) is 0.586. The third kappa shape index (κ3) is 9.06. The Hall–Kier alpha value is -3.59. The first-order chi connectivity index (χ1) is 17.9. The van der Waals surface area contributed by atoms with Gasteiger partial charge in [0.05, 0.1) is 29.5 Å². The molecular weight excluding hydrogens is 531 g/mol. The molecule has 2 aromatic rings. The summed E-state index contributed by atoms with van der Waals surface area (Å²) in [6.45, 7) is 5.64. The summed E-state index contributed by atoms with van der Waals surface area (Å²) >= 11 is 0. The fraction of sp³-hybridized carbons (Fsp3) is 0.435. The lowest BCUT2D eigenvalue weighted by Gasteiger charge is -2.30. The monoisotopic (exact) mass is 561 g/mol. The molecule has 1 saturated heterocycles. The van der Waals surface area contributed by atoms with Gasteiger partial charge in [-0.1, -0.05) is 13.3 Å². The molecule has 0 saturated carbocycles. The largest absolute Gasteiger partial charge is 0.497 e. The number of carbonyl (C=O) groups excluding carboxylic acids is 1. The molecule has 2 heterocycles. The molecule has 210 valence electrons. The van der Waals surface area contributed by atoms with E-state index in [0.29, 0.717) is 23.7 Å². The second kappa shape index (κ2) is 13.8. The molecule has 15 heteroatoms. The zero-order valence-corrected chi connectivity index (χ0v) is 21.7. The predicted octanol–water partition coefficient (Wildman–Crippen LogP) is 2.46. The maximum absolute atomic E-state index is 12.9. The molecule has 38 heavy (non-hydrogen) atoms. The van der Waals surface area contributed by atoms with Crippen molar-refractivity contribution in [3.63, 3.8) is 0 Å². The Kier molecular flexibility index (Phi) is 11.1. The van der Waals surface area contributed by atoms with Crippen LogP contribution in [0.1, 0.15) is 30.1 Å². The molecule has 0 bridgehead atoms. The molecule has 4 N–H and O–H groups in total. The third-order valence-corrected chi connectivity index (χ3v) is 6.61. The molecule has 1 amide bonds. The van der Waals surface area contributed by atoms with E-state index in [2.05, 4.69) is 27.3 Å². The second-order valence-corrected chi connectivity index (χ2v) is 9.71. The van der Waals surface area contributed by atoms with Crippen molar-refractivity contribution >= 4 is 33.4 Å². The van der Waals surface area contributed by atoms with Gasteiger partial charge in [-0.2, -0.15) is 13.2 Å². The van der Waals surface area contributed by atoms with E-state index in [-0.39, 0.29) is 16.5 Å². The summed E-state index contributed by atoms with van der Waals surface area (Å²) in [6, 6.07) is 7.62. The van der Waals surface area contributed by atoms with Crippen molar-refractivity contribution in [1.29, 1.82) is 0 Å². The highest BCUT2D eigenvalue weighted by atomic mass is 32.2. The topological polar surface area (TPSA) is 150 Å². The van der Waals surface area contributed by atoms with Crippen molar-refractivity contribution in [1.82, 2.24) is 15.6 Å². The number of nitrogens with one attached hydrogen (secondary N) is 3. The van der Waals surface area contributed by atoms with Gasteiger partial charge in [-0.3, -0.25) is 9.52 Å². The van der Waals surface area contributed by atoms with Gasteiger partial charge in [0.1, 0.15) is 11.6 Å². The van der Waals surface area contributed by atoms with Crippen LogP contribution < -0.4 is 25.0 Å². The molecule has 1 aromatic heterocycles. The van der Waals surface area contributed by atoms with E-state index >= 15 is 0 Å². The molecule has 0 atom stereocenters. The molecule has 0 radical (unpaired) electrons. The van der Waals surface area contributed by atoms with Gasteiger partial charge in [0.2, 0.25) is 0 Å². The van der Waals surface area contributed by atoms with E-state index in [1.165, 1.54) is 25.4 Å². The van der Waals surface area contributed by atoms with Gasteiger partial charge in [-0.15, -0.1) is 0 Å². The predicted molar refractivity (Wildman–Crippen MR) is 134 cm³/mol. The first-order valence-electron chi connectivity index (χ1n) is 11.6. The summed E-state index contributed by atoms with van der Waals surface area (Å²) in [6.07, 6.45) is -1.81. The Labute approximate surface area is 218 Å². The number of methoxy groups -OCH3 is 1. The van der Waals surface area contributed by atoms with Crippen molar-refractivity contribution in [2.24, 2.45) is 0 Å². The molecular formula is C23H30F3N5O6S. The number of piperazine rings is 1. The number of carboxylic acids is 1. The minimum atomic E-state index is -5.08. The number of aromatic nitrogens is 1. The van der Waals surface area contributed by atoms with Crippen LogP contribution in [-0.4, -0.2) is 76.4 Å². The summed E-state index contributed by atoms with van der Waals surface area (Å²) in [5, 5.41) is 13.3. The fourth-order valence-electron chi connectivity index (χ4n) is 3.25. The fourth-order valence-corrected chi connectivity index (χ4v) is 4.29. The Bertz CT molecular complexity index is 1190. The van der Waals surface area contributed by atoms with Crippen LogP contribution in [-0.2, 0) is 14.8 Å². The minimum Gasteiger partial charge on any atom is -0.497 e. The Morgan fingerprint density at radius 1 is 1.18 bits per heavy atom. The molecule has 0 spiro atoms. The number of alkyl halides is 3. The van der Waals surface area contributed by atoms with E-state index in [1.807, 2.05) is 4.90 Å². The number of nitrogens with zero attached hydrogens (tertiary/aromatic N) is 2. The number of hydrogen-bond donors (Lipinski definition) is 4. The van der Waals surface area contributed by atoms with E-state index in [0.717, 1.165) is 39.0 Å². The number of anilines is 2. The minimum absolute atomic E-state index is 0.0911. The van der Waals surface area contributed by atoms with Crippen LogP contribution in [0.2, 0.25) is 0 Å². The van der Waals surface area contributed by atoms with Crippen LogP contribution >= 0.6 is 0 Å². The lowest BCUT2D eigenvalue weighted by molar-refractivity contribution is -0.192. The molecule has 0 aliphatic carbocycles. The highest BCUT2D eigenvalue weighted by molar-refractivity contribution is 7.92. The number of halogens is 3. The lowest BCUT2D eigenvalue weighted by atomic mass is 10.2. The second-order valence-electron chi connectivity index (χ2n) is 8.03. The molecule has 1 aliphatic rings. The van der Waals surface area contributed by atoms with Crippen molar-refractivity contribution < 1.29 is 41.0 Å². The summed E-state index contributed by atoms with van der Waals surface area (Å²) in [7, 11) is -2.33. The molecule has 1 fully saturated rings. The van der Waals surface area contributed by atoms with Crippen LogP contribution in [0.4, 0.5) is 24.7 Å². The van der Waals surface area contributed by atoms with Crippen molar-refractivity contribution in [3.8, 4) is 5.75 Å². The van der Waals surface area contributed by atoms with Crippen LogP contribution in [0.25, 0.3) is 0 Å². The SMILES string of the molecule is CCCCNC(=O)c1cc(NS(=O)(=O)c2ccc(OC)cc2)cnc1N1CCNCC1.O=C(O)C(F)(F)F. The molecule has 3 rings (SSSR count). The van der Waals surface area contributed by atoms with Gasteiger partial charge in [0.15, 0.2) is 0 Å². The van der Waals surface area contributed by atoms with Gasteiger partial charge < -0.3 is 25.4 Å². The summed E-state index contributed by atoms with van der Waals surface area (Å²) in [5.74, 6) is -1.90. The zero-order valence-electron chi connectivity index (χ0n) is 20.8. The number of pyridine rings is 1. The third-order valence-electron chi connectivity index (χ3n) is 5.21.